The van der Waals surface area contributed by atoms with Crippen molar-refractivity contribution >= 4 is 0 Å². The van der Waals surface area contributed by atoms with Crippen LogP contribution in [0.15, 0.2) is 11.6 Å². The van der Waals surface area contributed by atoms with Gasteiger partial charge in [-0.15, -0.1) is 0 Å². The molecule has 1 aliphatic rings. The summed E-state index contributed by atoms with van der Waals surface area (Å²) in [6.45, 7) is 11.8. The zero-order valence-corrected chi connectivity index (χ0v) is 10.2. The molecule has 1 heteroatoms. The Balaban J connectivity index is 2.53. The van der Waals surface area contributed by atoms with Crippen LogP contribution in [0.4, 0.5) is 0 Å². The van der Waals surface area contributed by atoms with Crippen LogP contribution in [0.5, 0.6) is 0 Å². The van der Waals surface area contributed by atoms with Crippen LogP contribution in [-0.4, -0.2) is 24.0 Å². The molecule has 0 aromatic heterocycles. The summed E-state index contributed by atoms with van der Waals surface area (Å²) in [7, 11) is 0. The molecule has 0 bridgehead atoms. The third-order valence-electron chi connectivity index (χ3n) is 3.22. The minimum Gasteiger partial charge on any atom is -0.301 e. The molecule has 0 aliphatic carbocycles. The number of allylic oxidation sites excluding steroid dienone is 1. The molecule has 1 heterocycles. The van der Waals surface area contributed by atoms with E-state index in [9.17, 15) is 0 Å². The molecule has 1 aliphatic heterocycles. The van der Waals surface area contributed by atoms with Crippen LogP contribution in [0.1, 0.15) is 47.0 Å². The molecule has 0 unspecified atom stereocenters. The topological polar surface area (TPSA) is 3.24 Å². The fraction of sp³-hybridized carbons (Fsp3) is 0.846. The molecule has 0 amide bonds. The number of rotatable bonds is 2. The van der Waals surface area contributed by atoms with E-state index in [-0.39, 0.29) is 0 Å². The average Bonchev–Trinajstić information content (AvgIpc) is 2.01. The van der Waals surface area contributed by atoms with Gasteiger partial charge in [-0.3, -0.25) is 0 Å². The van der Waals surface area contributed by atoms with Gasteiger partial charge in [-0.1, -0.05) is 25.5 Å². The molecule has 1 nitrogen and oxygen atoms in total. The summed E-state index contributed by atoms with van der Waals surface area (Å²) in [6.07, 6.45) is 6.35. The molecule has 1 rings (SSSR count). The van der Waals surface area contributed by atoms with Gasteiger partial charge in [0.15, 0.2) is 0 Å². The second kappa shape index (κ2) is 5.55. The first-order valence-corrected chi connectivity index (χ1v) is 6.04. The Morgan fingerprint density at radius 1 is 1.14 bits per heavy atom. The van der Waals surface area contributed by atoms with Gasteiger partial charge in [0.2, 0.25) is 0 Å². The Labute approximate surface area is 89.2 Å². The van der Waals surface area contributed by atoms with Crippen molar-refractivity contribution in [3.8, 4) is 0 Å². The molecule has 0 fully saturated rings. The summed E-state index contributed by atoms with van der Waals surface area (Å²) in [4.78, 5) is 2.61. The van der Waals surface area contributed by atoms with Crippen molar-refractivity contribution in [3.63, 3.8) is 0 Å². The maximum atomic E-state index is 2.61. The van der Waals surface area contributed by atoms with Crippen molar-refractivity contribution in [2.45, 2.75) is 53.0 Å². The van der Waals surface area contributed by atoms with Gasteiger partial charge < -0.3 is 4.90 Å². The van der Waals surface area contributed by atoms with Crippen LogP contribution in [0, 0.1) is 5.92 Å². The van der Waals surface area contributed by atoms with E-state index >= 15 is 0 Å². The lowest BCUT2D eigenvalue weighted by Gasteiger charge is -2.29. The number of hydrogen-bond acceptors (Lipinski definition) is 1. The Morgan fingerprint density at radius 2 is 1.86 bits per heavy atom. The van der Waals surface area contributed by atoms with E-state index in [0.29, 0.717) is 6.04 Å². The molecule has 0 saturated carbocycles. The van der Waals surface area contributed by atoms with Crippen LogP contribution < -0.4 is 0 Å². The van der Waals surface area contributed by atoms with Crippen molar-refractivity contribution in [3.05, 3.63) is 11.6 Å². The summed E-state index contributed by atoms with van der Waals surface area (Å²) in [6, 6.07) is 0.710. The molecule has 0 N–H and O–H groups in total. The summed E-state index contributed by atoms with van der Waals surface area (Å²) in [5.41, 5.74) is 1.66. The highest BCUT2D eigenvalue weighted by Gasteiger charge is 2.13. The van der Waals surface area contributed by atoms with Crippen LogP contribution in [0.3, 0.4) is 0 Å². The summed E-state index contributed by atoms with van der Waals surface area (Å²) < 4.78 is 0. The van der Waals surface area contributed by atoms with Gasteiger partial charge >= 0.3 is 0 Å². The van der Waals surface area contributed by atoms with E-state index < -0.39 is 0 Å². The first-order valence-electron chi connectivity index (χ1n) is 6.04. The molecule has 0 atom stereocenters. The lowest BCUT2D eigenvalue weighted by Crippen LogP contribution is -2.33. The molecule has 14 heavy (non-hydrogen) atoms. The van der Waals surface area contributed by atoms with Gasteiger partial charge in [0, 0.05) is 12.6 Å². The largest absolute Gasteiger partial charge is 0.301 e. The third-order valence-corrected chi connectivity index (χ3v) is 3.22. The number of nitrogens with zero attached hydrogens (tertiary/aromatic N) is 1. The predicted octanol–water partition coefficient (Wildman–Crippen LogP) is 3.46. The second-order valence-electron chi connectivity index (χ2n) is 4.96. The quantitative estimate of drug-likeness (QED) is 0.610. The van der Waals surface area contributed by atoms with Crippen LogP contribution in [0.2, 0.25) is 0 Å². The Bertz CT molecular complexity index is 191. The van der Waals surface area contributed by atoms with E-state index in [1.807, 2.05) is 0 Å². The Kier molecular flexibility index (Phi) is 4.67. The lowest BCUT2D eigenvalue weighted by atomic mass is 9.96. The highest BCUT2D eigenvalue weighted by atomic mass is 15.1. The SMILES string of the molecule is CC(C)/C1=C/CCCN(C(C)C)CC1. The maximum Gasteiger partial charge on any atom is 0.00387 e. The average molecular weight is 195 g/mol. The van der Waals surface area contributed by atoms with Crippen molar-refractivity contribution < 1.29 is 0 Å². The number of hydrogen-bond donors (Lipinski definition) is 0. The minimum absolute atomic E-state index is 0.710. The second-order valence-corrected chi connectivity index (χ2v) is 4.96. The monoisotopic (exact) mass is 195 g/mol. The molecular formula is C13H25N. The van der Waals surface area contributed by atoms with Crippen LogP contribution in [-0.2, 0) is 0 Å². The van der Waals surface area contributed by atoms with E-state index in [0.717, 1.165) is 5.92 Å². The van der Waals surface area contributed by atoms with Crippen molar-refractivity contribution in [2.75, 3.05) is 13.1 Å². The fourth-order valence-corrected chi connectivity index (χ4v) is 2.11. The molecule has 0 radical (unpaired) electrons. The zero-order chi connectivity index (χ0) is 10.6. The maximum absolute atomic E-state index is 2.61. The van der Waals surface area contributed by atoms with Crippen LogP contribution in [0.25, 0.3) is 0 Å². The predicted molar refractivity (Wildman–Crippen MR) is 63.5 cm³/mol. The zero-order valence-electron chi connectivity index (χ0n) is 10.2. The molecule has 0 aromatic carbocycles. The summed E-state index contributed by atoms with van der Waals surface area (Å²) >= 11 is 0. The molecule has 0 saturated heterocycles. The standard InChI is InChI=1S/C13H25N/c1-11(2)13-7-5-6-9-14(10-8-13)12(3)4/h7,11-12H,5-6,8-10H2,1-4H3/b13-7+. The van der Waals surface area contributed by atoms with E-state index in [2.05, 4.69) is 38.7 Å². The van der Waals surface area contributed by atoms with Gasteiger partial charge in [0.05, 0.1) is 0 Å². The highest BCUT2D eigenvalue weighted by molar-refractivity contribution is 5.06. The van der Waals surface area contributed by atoms with Gasteiger partial charge in [-0.05, 0) is 45.6 Å². The van der Waals surface area contributed by atoms with E-state index in [1.54, 1.807) is 5.57 Å². The smallest absolute Gasteiger partial charge is 0.00387 e. The Morgan fingerprint density at radius 3 is 2.43 bits per heavy atom. The van der Waals surface area contributed by atoms with Gasteiger partial charge in [-0.25, -0.2) is 0 Å². The van der Waals surface area contributed by atoms with Crippen LogP contribution >= 0.6 is 0 Å². The van der Waals surface area contributed by atoms with E-state index in [4.69, 9.17) is 0 Å². The van der Waals surface area contributed by atoms with Crippen molar-refractivity contribution in [1.29, 1.82) is 0 Å². The van der Waals surface area contributed by atoms with E-state index in [1.165, 1.54) is 32.4 Å². The fourth-order valence-electron chi connectivity index (χ4n) is 2.11. The minimum atomic E-state index is 0.710. The summed E-state index contributed by atoms with van der Waals surface area (Å²) in [5.74, 6) is 0.738. The van der Waals surface area contributed by atoms with Crippen molar-refractivity contribution in [2.24, 2.45) is 5.92 Å². The first-order chi connectivity index (χ1) is 6.61. The van der Waals surface area contributed by atoms with Crippen molar-refractivity contribution in [1.82, 2.24) is 4.90 Å². The van der Waals surface area contributed by atoms with Gasteiger partial charge in [0.25, 0.3) is 0 Å². The third kappa shape index (κ3) is 3.45. The summed E-state index contributed by atoms with van der Waals surface area (Å²) in [5, 5.41) is 0. The first kappa shape index (κ1) is 11.8. The lowest BCUT2D eigenvalue weighted by molar-refractivity contribution is 0.217. The normalized spacial score (nSPS) is 24.6. The molecular weight excluding hydrogens is 170 g/mol. The Hall–Kier alpha value is -0.300. The molecule has 0 aromatic rings. The van der Waals surface area contributed by atoms with Gasteiger partial charge in [0.1, 0.15) is 0 Å². The highest BCUT2D eigenvalue weighted by Crippen LogP contribution is 2.19. The molecule has 0 spiro atoms. The van der Waals surface area contributed by atoms with Gasteiger partial charge in [-0.2, -0.15) is 0 Å². The molecule has 82 valence electrons.